The van der Waals surface area contributed by atoms with E-state index in [4.69, 9.17) is 18.9 Å². The topological polar surface area (TPSA) is 71.1 Å². The lowest BCUT2D eigenvalue weighted by Crippen LogP contribution is -2.29. The standard InChI is InChI=1S/C33H44O6/c1-8-33(6,7)39-29(35)22-38-31-26-15-11-9-13-24(26)30(25-14-10-12-16-27(25)31)37-21-28(34)36-20-18-23(2)17-19-32(3,4)5/h9-16,23H,8,17-22H2,1-7H3. The fourth-order valence-corrected chi connectivity index (χ4v) is 4.27. The van der Waals surface area contributed by atoms with Gasteiger partial charge >= 0.3 is 11.9 Å². The molecule has 1 atom stereocenters. The molecule has 0 spiro atoms. The smallest absolute Gasteiger partial charge is 0.344 e. The fourth-order valence-electron chi connectivity index (χ4n) is 4.27. The predicted molar refractivity (Wildman–Crippen MR) is 156 cm³/mol. The molecule has 39 heavy (non-hydrogen) atoms. The van der Waals surface area contributed by atoms with Crippen LogP contribution in [0.1, 0.15) is 74.1 Å². The lowest BCUT2D eigenvalue weighted by molar-refractivity contribution is -0.159. The number of carbonyl (C=O) groups excluding carboxylic acids is 2. The van der Waals surface area contributed by atoms with Gasteiger partial charge in [0.2, 0.25) is 0 Å². The van der Waals surface area contributed by atoms with Crippen molar-refractivity contribution in [3.63, 3.8) is 0 Å². The maximum absolute atomic E-state index is 12.5. The van der Waals surface area contributed by atoms with Crippen molar-refractivity contribution in [3.8, 4) is 11.5 Å². The summed E-state index contributed by atoms with van der Waals surface area (Å²) in [5, 5.41) is 3.15. The first-order chi connectivity index (χ1) is 18.4. The average Bonchev–Trinajstić information content (AvgIpc) is 2.88. The highest BCUT2D eigenvalue weighted by atomic mass is 16.6. The maximum Gasteiger partial charge on any atom is 0.344 e. The molecule has 3 aromatic rings. The van der Waals surface area contributed by atoms with E-state index in [0.29, 0.717) is 35.9 Å². The highest BCUT2D eigenvalue weighted by Gasteiger charge is 2.22. The zero-order valence-electron chi connectivity index (χ0n) is 24.6. The van der Waals surface area contributed by atoms with Gasteiger partial charge in [-0.25, -0.2) is 9.59 Å². The van der Waals surface area contributed by atoms with Gasteiger partial charge in [0.15, 0.2) is 13.2 Å². The summed E-state index contributed by atoms with van der Waals surface area (Å²) in [6.45, 7) is 14.6. The Bertz CT molecular complexity index is 1210. The molecule has 0 bridgehead atoms. The van der Waals surface area contributed by atoms with Gasteiger partial charge in [0, 0.05) is 21.5 Å². The van der Waals surface area contributed by atoms with E-state index in [2.05, 4.69) is 27.7 Å². The van der Waals surface area contributed by atoms with Gasteiger partial charge in [0.25, 0.3) is 0 Å². The number of esters is 2. The molecular formula is C33H44O6. The third kappa shape index (κ3) is 8.87. The predicted octanol–water partition coefficient (Wildman–Crippen LogP) is 7.88. The maximum atomic E-state index is 12.5. The van der Waals surface area contributed by atoms with Crippen LogP contribution in [0, 0.1) is 11.3 Å². The molecule has 0 fully saturated rings. The van der Waals surface area contributed by atoms with Gasteiger partial charge in [-0.2, -0.15) is 0 Å². The minimum absolute atomic E-state index is 0.191. The number of fused-ring (bicyclic) bond motifs is 2. The van der Waals surface area contributed by atoms with Gasteiger partial charge < -0.3 is 18.9 Å². The first-order valence-corrected chi connectivity index (χ1v) is 14.0. The van der Waals surface area contributed by atoms with Gasteiger partial charge in [-0.15, -0.1) is 0 Å². The fraction of sp³-hybridized carbons (Fsp3) is 0.515. The van der Waals surface area contributed by atoms with Crippen LogP contribution in [-0.2, 0) is 19.1 Å². The minimum atomic E-state index is -0.554. The highest BCUT2D eigenvalue weighted by molar-refractivity contribution is 6.11. The zero-order chi connectivity index (χ0) is 28.6. The third-order valence-corrected chi connectivity index (χ3v) is 7.00. The molecule has 0 aliphatic rings. The van der Waals surface area contributed by atoms with E-state index < -0.39 is 17.5 Å². The Morgan fingerprint density at radius 1 is 0.744 bits per heavy atom. The van der Waals surface area contributed by atoms with Crippen molar-refractivity contribution in [2.24, 2.45) is 11.3 Å². The normalized spacial score (nSPS) is 12.8. The molecule has 0 N–H and O–H groups in total. The van der Waals surface area contributed by atoms with Gasteiger partial charge in [-0.05, 0) is 44.4 Å². The van der Waals surface area contributed by atoms with Crippen molar-refractivity contribution in [1.29, 1.82) is 0 Å². The van der Waals surface area contributed by atoms with Crippen molar-refractivity contribution >= 4 is 33.5 Å². The van der Waals surface area contributed by atoms with Crippen molar-refractivity contribution in [2.45, 2.75) is 79.8 Å². The summed E-state index contributed by atoms with van der Waals surface area (Å²) in [6, 6.07) is 15.3. The van der Waals surface area contributed by atoms with Crippen LogP contribution in [0.2, 0.25) is 0 Å². The van der Waals surface area contributed by atoms with E-state index in [-0.39, 0.29) is 13.2 Å². The summed E-state index contributed by atoms with van der Waals surface area (Å²) in [5.41, 5.74) is -0.248. The van der Waals surface area contributed by atoms with E-state index in [1.807, 2.05) is 69.3 Å². The molecule has 0 radical (unpaired) electrons. The molecule has 1 unspecified atom stereocenters. The summed E-state index contributed by atoms with van der Waals surface area (Å²) in [4.78, 5) is 25.0. The molecule has 0 heterocycles. The van der Waals surface area contributed by atoms with Crippen molar-refractivity contribution in [2.75, 3.05) is 19.8 Å². The summed E-state index contributed by atoms with van der Waals surface area (Å²) in [6.07, 6.45) is 3.79. The number of hydrogen-bond donors (Lipinski definition) is 0. The number of hydrogen-bond acceptors (Lipinski definition) is 6. The van der Waals surface area contributed by atoms with E-state index in [1.54, 1.807) is 0 Å². The van der Waals surface area contributed by atoms with Gasteiger partial charge in [-0.3, -0.25) is 0 Å². The van der Waals surface area contributed by atoms with E-state index in [1.165, 1.54) is 0 Å². The summed E-state index contributed by atoms with van der Waals surface area (Å²) in [5.74, 6) is 0.827. The molecule has 6 nitrogen and oxygen atoms in total. The van der Waals surface area contributed by atoms with Gasteiger partial charge in [0.05, 0.1) is 6.61 Å². The Morgan fingerprint density at radius 2 is 1.21 bits per heavy atom. The van der Waals surface area contributed by atoms with Crippen molar-refractivity contribution in [3.05, 3.63) is 48.5 Å². The summed E-state index contributed by atoms with van der Waals surface area (Å²) >= 11 is 0. The van der Waals surface area contributed by atoms with Crippen LogP contribution in [0.15, 0.2) is 48.5 Å². The molecular weight excluding hydrogens is 492 g/mol. The van der Waals surface area contributed by atoms with Crippen molar-refractivity contribution in [1.82, 2.24) is 0 Å². The minimum Gasteiger partial charge on any atom is -0.481 e. The van der Waals surface area contributed by atoms with Crippen LogP contribution in [0.4, 0.5) is 0 Å². The highest BCUT2D eigenvalue weighted by Crippen LogP contribution is 2.42. The van der Waals surface area contributed by atoms with Crippen LogP contribution in [0.3, 0.4) is 0 Å². The van der Waals surface area contributed by atoms with Crippen LogP contribution in [-0.4, -0.2) is 37.4 Å². The summed E-state index contributed by atoms with van der Waals surface area (Å²) in [7, 11) is 0. The number of carbonyl (C=O) groups is 2. The second-order valence-electron chi connectivity index (χ2n) is 12.1. The first-order valence-electron chi connectivity index (χ1n) is 14.0. The van der Waals surface area contributed by atoms with Crippen LogP contribution >= 0.6 is 0 Å². The molecule has 3 aromatic carbocycles. The molecule has 3 rings (SSSR count). The molecule has 0 aliphatic heterocycles. The second-order valence-corrected chi connectivity index (χ2v) is 12.1. The van der Waals surface area contributed by atoms with Crippen LogP contribution in [0.5, 0.6) is 11.5 Å². The van der Waals surface area contributed by atoms with Crippen LogP contribution in [0.25, 0.3) is 21.5 Å². The Morgan fingerprint density at radius 3 is 1.64 bits per heavy atom. The molecule has 0 aromatic heterocycles. The molecule has 0 amide bonds. The molecule has 0 saturated heterocycles. The van der Waals surface area contributed by atoms with E-state index in [0.717, 1.165) is 40.8 Å². The first kappa shape index (κ1) is 30.3. The Hall–Kier alpha value is -3.28. The molecule has 6 heteroatoms. The quantitative estimate of drug-likeness (QED) is 0.163. The van der Waals surface area contributed by atoms with Gasteiger partial charge in [-0.1, -0.05) is 89.6 Å². The molecule has 0 saturated carbocycles. The van der Waals surface area contributed by atoms with Gasteiger partial charge in [0.1, 0.15) is 17.1 Å². The third-order valence-electron chi connectivity index (χ3n) is 7.00. The van der Waals surface area contributed by atoms with E-state index >= 15 is 0 Å². The largest absolute Gasteiger partial charge is 0.481 e. The number of benzene rings is 3. The Balaban J connectivity index is 1.73. The second kappa shape index (κ2) is 13.2. The number of rotatable bonds is 13. The zero-order valence-corrected chi connectivity index (χ0v) is 24.6. The lowest BCUT2D eigenvalue weighted by atomic mass is 9.86. The van der Waals surface area contributed by atoms with Crippen LogP contribution < -0.4 is 9.47 Å². The monoisotopic (exact) mass is 536 g/mol. The Labute approximate surface area is 233 Å². The molecule has 212 valence electrons. The number of ether oxygens (including phenoxy) is 4. The Kier molecular flexibility index (Phi) is 10.2. The average molecular weight is 537 g/mol. The lowest BCUT2D eigenvalue weighted by Gasteiger charge is -2.23. The SMILES string of the molecule is CCC(C)(C)OC(=O)COc1c2ccccc2c(OCC(=O)OCCC(C)CCC(C)(C)C)c2ccccc12. The molecule has 0 aliphatic carbocycles. The van der Waals surface area contributed by atoms with Crippen molar-refractivity contribution < 1.29 is 28.5 Å². The summed E-state index contributed by atoms with van der Waals surface area (Å²) < 4.78 is 23.2. The van der Waals surface area contributed by atoms with E-state index in [9.17, 15) is 9.59 Å².